The van der Waals surface area contributed by atoms with Gasteiger partial charge in [0.1, 0.15) is 10.6 Å². The predicted octanol–water partition coefficient (Wildman–Crippen LogP) is 3.02. The topological polar surface area (TPSA) is 104 Å². The quantitative estimate of drug-likeness (QED) is 0.694. The van der Waals surface area contributed by atoms with Gasteiger partial charge in [-0.15, -0.1) is 11.3 Å². The van der Waals surface area contributed by atoms with Gasteiger partial charge in [0.25, 0.3) is 10.0 Å². The molecule has 0 aliphatic rings. The molecule has 0 atom stereocenters. The smallest absolute Gasteiger partial charge is 0.335 e. The molecule has 0 fully saturated rings. The van der Waals surface area contributed by atoms with Crippen molar-refractivity contribution in [1.82, 2.24) is 0 Å². The van der Waals surface area contributed by atoms with E-state index >= 15 is 0 Å². The Morgan fingerprint density at radius 2 is 2.00 bits per heavy atom. The van der Waals surface area contributed by atoms with E-state index in [-0.39, 0.29) is 16.1 Å². The summed E-state index contributed by atoms with van der Waals surface area (Å²) in [5, 5.41) is 18.5. The summed E-state index contributed by atoms with van der Waals surface area (Å²) in [5.41, 5.74) is -0.216. The second-order valence-corrected chi connectivity index (χ2v) is 8.40. The Hall–Kier alpha value is -1.58. The van der Waals surface area contributed by atoms with Gasteiger partial charge in [-0.2, -0.15) is 0 Å². The van der Waals surface area contributed by atoms with Gasteiger partial charge in [-0.25, -0.2) is 13.2 Å². The van der Waals surface area contributed by atoms with Crippen LogP contribution in [-0.2, 0) is 10.0 Å². The molecule has 0 aliphatic carbocycles. The first kappa shape index (κ1) is 15.8. The highest BCUT2D eigenvalue weighted by molar-refractivity contribution is 9.11. The number of nitrogens with one attached hydrogen (secondary N) is 1. The highest BCUT2D eigenvalue weighted by Crippen LogP contribution is 2.32. The zero-order chi connectivity index (χ0) is 15.8. The van der Waals surface area contributed by atoms with E-state index < -0.39 is 21.7 Å². The third-order valence-corrected chi connectivity index (χ3v) is 5.80. The summed E-state index contributed by atoms with van der Waals surface area (Å²) in [7, 11) is -3.86. The minimum absolute atomic E-state index is 0.0817. The summed E-state index contributed by atoms with van der Waals surface area (Å²) in [6.07, 6.45) is 0. The van der Waals surface area contributed by atoms with Gasteiger partial charge in [-0.05, 0) is 47.1 Å². The fourth-order valence-corrected chi connectivity index (χ4v) is 5.14. The summed E-state index contributed by atoms with van der Waals surface area (Å²) in [4.78, 5) is 11.5. The number of anilines is 1. The summed E-state index contributed by atoms with van der Waals surface area (Å²) >= 11 is 4.49. The van der Waals surface area contributed by atoms with E-state index in [1.807, 2.05) is 0 Å². The number of hydrogen-bond donors (Lipinski definition) is 3. The number of rotatable bonds is 4. The van der Waals surface area contributed by atoms with Crippen molar-refractivity contribution in [2.45, 2.75) is 11.8 Å². The molecule has 1 aromatic heterocycles. The number of benzene rings is 1. The van der Waals surface area contributed by atoms with Gasteiger partial charge in [0.05, 0.1) is 15.0 Å². The number of carboxylic acid groups (broad SMARTS) is 1. The van der Waals surface area contributed by atoms with Crippen molar-refractivity contribution < 1.29 is 23.4 Å². The molecule has 0 spiro atoms. The van der Waals surface area contributed by atoms with E-state index in [9.17, 15) is 18.3 Å². The van der Waals surface area contributed by atoms with E-state index in [4.69, 9.17) is 5.11 Å². The van der Waals surface area contributed by atoms with E-state index in [2.05, 4.69) is 20.7 Å². The predicted molar refractivity (Wildman–Crippen MR) is 82.6 cm³/mol. The Kier molecular flexibility index (Phi) is 4.26. The maximum absolute atomic E-state index is 12.3. The maximum Gasteiger partial charge on any atom is 0.335 e. The number of sulfonamides is 1. The summed E-state index contributed by atoms with van der Waals surface area (Å²) in [6.45, 7) is 1.66. The van der Waals surface area contributed by atoms with Crippen LogP contribution in [0, 0.1) is 6.92 Å². The first-order chi connectivity index (χ1) is 9.70. The van der Waals surface area contributed by atoms with Crippen molar-refractivity contribution >= 4 is 48.9 Å². The SMILES string of the molecule is Cc1sc(Br)cc1S(=O)(=O)Nc1ccc(C(=O)O)cc1O. The van der Waals surface area contributed by atoms with Crippen molar-refractivity contribution in [3.05, 3.63) is 38.5 Å². The maximum atomic E-state index is 12.3. The third-order valence-electron chi connectivity index (χ3n) is 2.62. The lowest BCUT2D eigenvalue weighted by atomic mass is 10.2. The largest absolute Gasteiger partial charge is 0.506 e. The van der Waals surface area contributed by atoms with Gasteiger partial charge in [0.15, 0.2) is 0 Å². The van der Waals surface area contributed by atoms with Gasteiger partial charge in [0.2, 0.25) is 0 Å². The van der Waals surface area contributed by atoms with Crippen molar-refractivity contribution in [3.8, 4) is 5.75 Å². The fraction of sp³-hybridized carbons (Fsp3) is 0.0833. The van der Waals surface area contributed by atoms with Crippen LogP contribution in [0.2, 0.25) is 0 Å². The van der Waals surface area contributed by atoms with Crippen LogP contribution in [0.5, 0.6) is 5.75 Å². The lowest BCUT2D eigenvalue weighted by molar-refractivity contribution is 0.0696. The van der Waals surface area contributed by atoms with E-state index in [0.717, 1.165) is 6.07 Å². The molecule has 2 rings (SSSR count). The molecule has 112 valence electrons. The van der Waals surface area contributed by atoms with Gasteiger partial charge in [0, 0.05) is 4.88 Å². The average Bonchev–Trinajstić information content (AvgIpc) is 2.71. The molecular weight excluding hydrogens is 382 g/mol. The summed E-state index contributed by atoms with van der Waals surface area (Å²) < 4.78 is 27.4. The second-order valence-electron chi connectivity index (χ2n) is 4.11. The molecule has 1 heterocycles. The molecule has 0 aliphatic heterocycles. The minimum Gasteiger partial charge on any atom is -0.506 e. The van der Waals surface area contributed by atoms with E-state index in [1.54, 1.807) is 6.92 Å². The number of hydrogen-bond acceptors (Lipinski definition) is 5. The van der Waals surface area contributed by atoms with Gasteiger partial charge >= 0.3 is 5.97 Å². The van der Waals surface area contributed by atoms with Gasteiger partial charge in [-0.3, -0.25) is 4.72 Å². The number of halogens is 1. The Morgan fingerprint density at radius 1 is 1.33 bits per heavy atom. The van der Waals surface area contributed by atoms with Crippen LogP contribution in [0.25, 0.3) is 0 Å². The zero-order valence-corrected chi connectivity index (χ0v) is 13.8. The van der Waals surface area contributed by atoms with Crippen molar-refractivity contribution in [1.29, 1.82) is 0 Å². The lowest BCUT2D eigenvalue weighted by Gasteiger charge is -2.09. The normalized spacial score (nSPS) is 11.3. The molecule has 3 N–H and O–H groups in total. The fourth-order valence-electron chi connectivity index (χ4n) is 1.65. The number of phenolic OH excluding ortho intramolecular Hbond substituents is 1. The van der Waals surface area contributed by atoms with Gasteiger partial charge in [-0.1, -0.05) is 0 Å². The lowest BCUT2D eigenvalue weighted by Crippen LogP contribution is -2.13. The van der Waals surface area contributed by atoms with Crippen molar-refractivity contribution in [2.24, 2.45) is 0 Å². The standard InChI is InChI=1S/C12H10BrNO5S2/c1-6-10(5-11(13)20-6)21(18,19)14-8-3-2-7(12(16)17)4-9(8)15/h2-5,14-15H,1H3,(H,16,17). The van der Waals surface area contributed by atoms with Crippen molar-refractivity contribution in [2.75, 3.05) is 4.72 Å². The summed E-state index contributed by atoms with van der Waals surface area (Å²) in [6, 6.07) is 4.85. The molecule has 1 aromatic carbocycles. The molecule has 2 aromatic rings. The molecule has 0 amide bonds. The average molecular weight is 392 g/mol. The van der Waals surface area contributed by atoms with Crippen LogP contribution in [0.4, 0.5) is 5.69 Å². The molecule has 0 radical (unpaired) electrons. The van der Waals surface area contributed by atoms with Gasteiger partial charge < -0.3 is 10.2 Å². The number of aromatic hydroxyl groups is 1. The minimum atomic E-state index is -3.86. The summed E-state index contributed by atoms with van der Waals surface area (Å²) in [5.74, 6) is -1.66. The monoisotopic (exact) mass is 391 g/mol. The number of aryl methyl sites for hydroxylation is 1. The molecule has 0 unspecified atom stereocenters. The first-order valence-electron chi connectivity index (χ1n) is 5.56. The number of aromatic carboxylic acids is 1. The van der Waals surface area contributed by atoms with Crippen LogP contribution < -0.4 is 4.72 Å². The molecule has 6 nitrogen and oxygen atoms in total. The Morgan fingerprint density at radius 3 is 2.48 bits per heavy atom. The number of carbonyl (C=O) groups is 1. The van der Waals surface area contributed by atoms with Crippen LogP contribution >= 0.6 is 27.3 Å². The van der Waals surface area contributed by atoms with Crippen LogP contribution in [0.15, 0.2) is 32.9 Å². The van der Waals surface area contributed by atoms with Crippen molar-refractivity contribution in [3.63, 3.8) is 0 Å². The Balaban J connectivity index is 2.37. The highest BCUT2D eigenvalue weighted by Gasteiger charge is 2.21. The van der Waals surface area contributed by atoms with Crippen LogP contribution in [-0.4, -0.2) is 24.6 Å². The number of phenols is 1. The number of thiophene rings is 1. The number of carboxylic acids is 1. The van der Waals surface area contributed by atoms with Crippen LogP contribution in [0.3, 0.4) is 0 Å². The van der Waals surface area contributed by atoms with Crippen LogP contribution in [0.1, 0.15) is 15.2 Å². The molecule has 9 heteroatoms. The Labute approximate surface area is 133 Å². The Bertz CT molecular complexity index is 813. The highest BCUT2D eigenvalue weighted by atomic mass is 79.9. The second kappa shape index (κ2) is 5.66. The molecule has 0 bridgehead atoms. The molecule has 0 saturated heterocycles. The van der Waals surface area contributed by atoms with E-state index in [1.165, 1.54) is 29.5 Å². The first-order valence-corrected chi connectivity index (χ1v) is 8.65. The third kappa shape index (κ3) is 3.36. The molecule has 21 heavy (non-hydrogen) atoms. The zero-order valence-electron chi connectivity index (χ0n) is 10.6. The molecule has 0 saturated carbocycles. The van der Waals surface area contributed by atoms with E-state index in [0.29, 0.717) is 8.66 Å². The molecular formula is C12H10BrNO5S2.